The fraction of sp³-hybridized carbons (Fsp3) is 0.200. The van der Waals surface area contributed by atoms with Crippen LogP contribution in [0.1, 0.15) is 34.5 Å². The van der Waals surface area contributed by atoms with Crippen molar-refractivity contribution in [2.75, 3.05) is 25.5 Å². The number of anilines is 2. The van der Waals surface area contributed by atoms with Gasteiger partial charge in [0.05, 0.1) is 30.6 Å². The van der Waals surface area contributed by atoms with Crippen LogP contribution in [-0.4, -0.2) is 52.7 Å². The minimum atomic E-state index is -0.447. The van der Waals surface area contributed by atoms with Gasteiger partial charge in [-0.3, -0.25) is 9.79 Å². The van der Waals surface area contributed by atoms with E-state index < -0.39 is 5.82 Å². The number of methoxy groups -OCH3 is 1. The van der Waals surface area contributed by atoms with E-state index in [0.717, 1.165) is 16.8 Å². The normalized spacial score (nSPS) is 14.1. The van der Waals surface area contributed by atoms with Crippen LogP contribution >= 0.6 is 11.6 Å². The van der Waals surface area contributed by atoms with Crippen molar-refractivity contribution in [2.45, 2.75) is 20.0 Å². The van der Waals surface area contributed by atoms with Crippen LogP contribution in [0.25, 0.3) is 11.3 Å². The molecular weight excluding hydrogens is 531 g/mol. The highest BCUT2D eigenvalue weighted by Gasteiger charge is 2.28. The second-order valence-electron chi connectivity index (χ2n) is 9.41. The molecule has 0 bridgehead atoms. The van der Waals surface area contributed by atoms with Crippen LogP contribution < -0.4 is 15.8 Å². The SMILES string of the molecule is C.COc1cccc(F)c1C1=NCc2cnc(Nc3ccc(C(=O)N4CC(N)C4)cc3)nc2-c2ccc(Cl)cc21. The lowest BCUT2D eigenvalue weighted by atomic mass is 9.94. The van der Waals surface area contributed by atoms with Crippen LogP contribution in [0.15, 0.2) is 71.9 Å². The zero-order valence-electron chi connectivity index (χ0n) is 21.0. The molecule has 8 nitrogen and oxygen atoms in total. The molecular formula is C30H28ClFN6O2. The van der Waals surface area contributed by atoms with Gasteiger partial charge in [-0.25, -0.2) is 14.4 Å². The average Bonchev–Trinajstić information content (AvgIpc) is 3.07. The van der Waals surface area contributed by atoms with Gasteiger partial charge in [-0.05, 0) is 48.5 Å². The van der Waals surface area contributed by atoms with Gasteiger partial charge in [-0.15, -0.1) is 0 Å². The van der Waals surface area contributed by atoms with E-state index in [4.69, 9.17) is 32.0 Å². The Morgan fingerprint density at radius 3 is 2.62 bits per heavy atom. The second kappa shape index (κ2) is 11.0. The molecule has 6 rings (SSSR count). The van der Waals surface area contributed by atoms with E-state index in [1.54, 1.807) is 59.6 Å². The van der Waals surface area contributed by atoms with Gasteiger partial charge in [0.2, 0.25) is 5.95 Å². The fourth-order valence-electron chi connectivity index (χ4n) is 4.79. The lowest BCUT2D eigenvalue weighted by Crippen LogP contribution is -2.57. The first-order valence-corrected chi connectivity index (χ1v) is 12.7. The maximum absolute atomic E-state index is 15.1. The third-order valence-electron chi connectivity index (χ3n) is 6.78. The average molecular weight is 559 g/mol. The summed E-state index contributed by atoms with van der Waals surface area (Å²) in [4.78, 5) is 28.3. The van der Waals surface area contributed by atoms with Crippen molar-refractivity contribution < 1.29 is 13.9 Å². The summed E-state index contributed by atoms with van der Waals surface area (Å²) in [5.41, 5.74) is 10.6. The molecule has 0 aliphatic carbocycles. The Morgan fingerprint density at radius 1 is 1.12 bits per heavy atom. The van der Waals surface area contributed by atoms with Crippen molar-refractivity contribution in [3.8, 4) is 17.0 Å². The number of rotatable bonds is 5. The van der Waals surface area contributed by atoms with Gasteiger partial charge in [0, 0.05) is 58.3 Å². The van der Waals surface area contributed by atoms with E-state index in [-0.39, 0.29) is 31.5 Å². The van der Waals surface area contributed by atoms with Crippen LogP contribution in [0, 0.1) is 5.82 Å². The zero-order valence-corrected chi connectivity index (χ0v) is 21.7. The summed E-state index contributed by atoms with van der Waals surface area (Å²) in [5.74, 6) is 0.256. The van der Waals surface area contributed by atoms with Gasteiger partial charge in [0.15, 0.2) is 0 Å². The number of halogens is 2. The van der Waals surface area contributed by atoms with Gasteiger partial charge in [-0.1, -0.05) is 31.2 Å². The maximum atomic E-state index is 15.1. The lowest BCUT2D eigenvalue weighted by Gasteiger charge is -2.36. The van der Waals surface area contributed by atoms with E-state index in [1.165, 1.54) is 13.2 Å². The molecule has 40 heavy (non-hydrogen) atoms. The quantitative estimate of drug-likeness (QED) is 0.337. The summed E-state index contributed by atoms with van der Waals surface area (Å²) in [5, 5.41) is 3.70. The number of aromatic nitrogens is 2. The molecule has 1 amide bonds. The summed E-state index contributed by atoms with van der Waals surface area (Å²) in [6.45, 7) is 1.39. The number of carbonyl (C=O) groups is 1. The molecule has 204 valence electrons. The Kier molecular flexibility index (Phi) is 7.51. The van der Waals surface area contributed by atoms with E-state index in [9.17, 15) is 4.79 Å². The number of hydrogen-bond acceptors (Lipinski definition) is 7. The predicted molar refractivity (Wildman–Crippen MR) is 155 cm³/mol. The van der Waals surface area contributed by atoms with E-state index >= 15 is 4.39 Å². The number of benzene rings is 3. The number of hydrogen-bond donors (Lipinski definition) is 2. The maximum Gasteiger partial charge on any atom is 0.253 e. The molecule has 3 aromatic carbocycles. The van der Waals surface area contributed by atoms with Crippen molar-refractivity contribution in [1.29, 1.82) is 0 Å². The predicted octanol–water partition coefficient (Wildman–Crippen LogP) is 5.46. The van der Waals surface area contributed by atoms with Gasteiger partial charge in [0.25, 0.3) is 5.91 Å². The monoisotopic (exact) mass is 558 g/mol. The van der Waals surface area contributed by atoms with Crippen molar-refractivity contribution in [2.24, 2.45) is 10.7 Å². The highest BCUT2D eigenvalue weighted by Crippen LogP contribution is 2.36. The third-order valence-corrected chi connectivity index (χ3v) is 7.02. The smallest absolute Gasteiger partial charge is 0.253 e. The van der Waals surface area contributed by atoms with Crippen molar-refractivity contribution in [3.05, 3.63) is 100.0 Å². The Morgan fingerprint density at radius 2 is 1.90 bits per heavy atom. The van der Waals surface area contributed by atoms with E-state index in [1.807, 2.05) is 6.07 Å². The Labute approximate surface area is 236 Å². The fourth-order valence-corrected chi connectivity index (χ4v) is 4.96. The van der Waals surface area contributed by atoms with E-state index in [2.05, 4.69) is 10.3 Å². The Hall–Kier alpha value is -4.34. The molecule has 4 aromatic rings. The summed E-state index contributed by atoms with van der Waals surface area (Å²) in [7, 11) is 1.50. The summed E-state index contributed by atoms with van der Waals surface area (Å²) < 4.78 is 20.5. The number of ether oxygens (including phenoxy) is 1. The van der Waals surface area contributed by atoms with Crippen molar-refractivity contribution in [3.63, 3.8) is 0 Å². The number of nitrogens with one attached hydrogen (secondary N) is 1. The summed E-state index contributed by atoms with van der Waals surface area (Å²) >= 11 is 6.38. The molecule has 0 atom stereocenters. The molecule has 0 spiro atoms. The first-order chi connectivity index (χ1) is 18.9. The minimum absolute atomic E-state index is 0. The topological polar surface area (TPSA) is 106 Å². The molecule has 1 fully saturated rings. The van der Waals surface area contributed by atoms with Gasteiger partial charge < -0.3 is 20.7 Å². The van der Waals surface area contributed by atoms with Crippen LogP contribution in [0.5, 0.6) is 5.75 Å². The number of amides is 1. The standard InChI is InChI=1S/C29H24ClFN6O2.CH4/c1-39-24-4-2-3-23(31)25(24)27-22-11-18(30)7-10-21(22)26-17(12-33-27)13-34-29(36-26)35-20-8-5-16(6-9-20)28(38)37-14-19(32)15-37;/h2-11,13,19H,12,14-15,32H2,1H3,(H,34,35,36);1H4. The molecule has 0 saturated carbocycles. The first-order valence-electron chi connectivity index (χ1n) is 12.4. The van der Waals surface area contributed by atoms with E-state index in [0.29, 0.717) is 52.3 Å². The van der Waals surface area contributed by atoms with Crippen molar-refractivity contribution >= 4 is 34.9 Å². The molecule has 2 aliphatic heterocycles. The van der Waals surface area contributed by atoms with Crippen LogP contribution in [0.4, 0.5) is 16.0 Å². The number of aliphatic imine (C=N–C) groups is 1. The summed E-state index contributed by atoms with van der Waals surface area (Å²) in [6.07, 6.45) is 1.71. The lowest BCUT2D eigenvalue weighted by molar-refractivity contribution is 0.0608. The van der Waals surface area contributed by atoms with Crippen LogP contribution in [0.2, 0.25) is 5.02 Å². The number of carbonyl (C=O) groups excluding carboxylic acids is 1. The van der Waals surface area contributed by atoms with Crippen LogP contribution in [-0.2, 0) is 6.54 Å². The number of nitrogens with zero attached hydrogens (tertiary/aromatic N) is 4. The second-order valence-corrected chi connectivity index (χ2v) is 9.85. The van der Waals surface area contributed by atoms with Gasteiger partial charge in [0.1, 0.15) is 11.6 Å². The number of nitrogens with two attached hydrogens (primary N) is 1. The molecule has 0 unspecified atom stereocenters. The Bertz CT molecular complexity index is 1620. The zero-order chi connectivity index (χ0) is 27.1. The highest BCUT2D eigenvalue weighted by atomic mass is 35.5. The first kappa shape index (κ1) is 27.2. The molecule has 1 aromatic heterocycles. The third kappa shape index (κ3) is 5.01. The Balaban J connectivity index is 0.00000323. The van der Waals surface area contributed by atoms with Gasteiger partial charge in [-0.2, -0.15) is 0 Å². The largest absolute Gasteiger partial charge is 0.496 e. The minimum Gasteiger partial charge on any atom is -0.496 e. The molecule has 1 saturated heterocycles. The summed E-state index contributed by atoms with van der Waals surface area (Å²) in [6, 6.07) is 17.2. The molecule has 0 radical (unpaired) electrons. The molecule has 3 heterocycles. The molecule has 2 aliphatic rings. The molecule has 3 N–H and O–H groups in total. The van der Waals surface area contributed by atoms with Crippen LogP contribution in [0.3, 0.4) is 0 Å². The van der Waals surface area contributed by atoms with Crippen molar-refractivity contribution in [1.82, 2.24) is 14.9 Å². The highest BCUT2D eigenvalue weighted by molar-refractivity contribution is 6.31. The molecule has 10 heteroatoms. The number of fused-ring (bicyclic) bond motifs is 3. The van der Waals surface area contributed by atoms with Gasteiger partial charge >= 0.3 is 0 Å². The number of likely N-dealkylation sites (tertiary alicyclic amines) is 1.